The van der Waals surface area contributed by atoms with Crippen LogP contribution in [0.2, 0.25) is 17.3 Å². The van der Waals surface area contributed by atoms with E-state index in [1.807, 2.05) is 17.5 Å². The average molecular weight is 560 g/mol. The molecule has 37 heavy (non-hydrogen) atoms. The zero-order valence-corrected chi connectivity index (χ0v) is 25.4. The molecule has 0 fully saturated rings. The smallest absolute Gasteiger partial charge is 0.0616 e. The van der Waals surface area contributed by atoms with Crippen molar-refractivity contribution in [2.75, 3.05) is 0 Å². The van der Waals surface area contributed by atoms with Crippen molar-refractivity contribution in [2.24, 2.45) is 0 Å². The number of hydrogen-bond donors (Lipinski definition) is 0. The van der Waals surface area contributed by atoms with E-state index in [9.17, 15) is 0 Å². The van der Waals surface area contributed by atoms with Crippen molar-refractivity contribution < 1.29 is 0 Å². The minimum atomic E-state index is -1.84. The first-order valence-electron chi connectivity index (χ1n) is 13.1. The Bertz CT molecular complexity index is 1780. The fourth-order valence-corrected chi connectivity index (χ4v) is 9.09. The second-order valence-electron chi connectivity index (χ2n) is 12.1. The second-order valence-corrected chi connectivity index (χ2v) is 23.8. The molecule has 1 nitrogen and oxygen atoms in total. The van der Waals surface area contributed by atoms with Gasteiger partial charge in [-0.1, -0.05) is 45.0 Å². The van der Waals surface area contributed by atoms with Crippen LogP contribution >= 0.6 is 11.3 Å². The van der Waals surface area contributed by atoms with E-state index in [0.29, 0.717) is 0 Å². The van der Waals surface area contributed by atoms with E-state index < -0.39 is 13.3 Å². The zero-order chi connectivity index (χ0) is 25.9. The third-order valence-corrected chi connectivity index (χ3v) is 13.0. The summed E-state index contributed by atoms with van der Waals surface area (Å²) >= 11 is 0.0453. The maximum absolute atomic E-state index is 4.98. The van der Waals surface area contributed by atoms with Gasteiger partial charge in [0.2, 0.25) is 0 Å². The van der Waals surface area contributed by atoms with Gasteiger partial charge in [-0.15, -0.1) is 0 Å². The minimum Gasteiger partial charge on any atom is -0.0616 e. The van der Waals surface area contributed by atoms with Gasteiger partial charge in [0.15, 0.2) is 0 Å². The fourth-order valence-electron chi connectivity index (χ4n) is 5.41. The molecule has 0 radical (unpaired) electrons. The van der Waals surface area contributed by atoms with Crippen molar-refractivity contribution in [3.63, 3.8) is 0 Å². The van der Waals surface area contributed by atoms with Gasteiger partial charge < -0.3 is 0 Å². The van der Waals surface area contributed by atoms with Crippen LogP contribution in [0.3, 0.4) is 0 Å². The van der Waals surface area contributed by atoms with E-state index in [1.165, 1.54) is 53.2 Å². The molecule has 0 bridgehead atoms. The third-order valence-electron chi connectivity index (χ3n) is 7.41. The van der Waals surface area contributed by atoms with Gasteiger partial charge in [0.1, 0.15) is 0 Å². The summed E-state index contributed by atoms with van der Waals surface area (Å²) in [6, 6.07) is 31.7. The quantitative estimate of drug-likeness (QED) is 0.197. The number of pyridine rings is 1. The van der Waals surface area contributed by atoms with Gasteiger partial charge in [0.25, 0.3) is 0 Å². The van der Waals surface area contributed by atoms with E-state index in [4.69, 9.17) is 4.98 Å². The first-order chi connectivity index (χ1) is 17.6. The molecule has 0 spiro atoms. The Hall–Kier alpha value is -2.95. The molecule has 2 aromatic heterocycles. The summed E-state index contributed by atoms with van der Waals surface area (Å²) in [5, 5.41) is 5.16. The Morgan fingerprint density at radius 1 is 0.730 bits per heavy atom. The van der Waals surface area contributed by atoms with Crippen molar-refractivity contribution in [1.29, 1.82) is 0 Å². The van der Waals surface area contributed by atoms with E-state index in [1.54, 1.807) is 4.40 Å². The Labute approximate surface area is 226 Å². The van der Waals surface area contributed by atoms with Crippen LogP contribution in [0.25, 0.3) is 53.3 Å². The second kappa shape index (κ2) is 8.82. The summed E-state index contributed by atoms with van der Waals surface area (Å²) in [5.74, 6) is 7.36. The number of hydrogen-bond acceptors (Lipinski definition) is 2. The Balaban J connectivity index is 1.59. The number of rotatable bonds is 3. The molecule has 0 saturated carbocycles. The first kappa shape index (κ1) is 24.4. The van der Waals surface area contributed by atoms with E-state index in [-0.39, 0.29) is 5.41 Å². The fraction of sp³-hybridized carbons (Fsp3) is 0.206. The maximum atomic E-state index is 4.98. The summed E-state index contributed by atoms with van der Waals surface area (Å²) in [7, 11) is 0. The molecule has 0 atom stereocenters. The van der Waals surface area contributed by atoms with Crippen molar-refractivity contribution in [3.05, 3.63) is 96.7 Å². The molecule has 0 aliphatic heterocycles. The molecular formula is C34H33GeNS. The Morgan fingerprint density at radius 3 is 2.19 bits per heavy atom. The zero-order valence-electron chi connectivity index (χ0n) is 22.5. The number of benzene rings is 4. The molecule has 3 heteroatoms. The van der Waals surface area contributed by atoms with Gasteiger partial charge >= 0.3 is 172 Å². The third kappa shape index (κ3) is 4.30. The van der Waals surface area contributed by atoms with Crippen molar-refractivity contribution in [2.45, 2.75) is 43.5 Å². The van der Waals surface area contributed by atoms with E-state index >= 15 is 0 Å². The molecular weight excluding hydrogens is 527 g/mol. The van der Waals surface area contributed by atoms with Crippen LogP contribution in [0.1, 0.15) is 26.3 Å². The van der Waals surface area contributed by atoms with Gasteiger partial charge in [-0.25, -0.2) is 0 Å². The summed E-state index contributed by atoms with van der Waals surface area (Å²) in [6.07, 6.45) is 1.98. The first-order valence-corrected chi connectivity index (χ1v) is 21.2. The molecule has 0 aliphatic carbocycles. The predicted octanol–water partition coefficient (Wildman–Crippen LogP) is 9.78. The van der Waals surface area contributed by atoms with Crippen LogP contribution in [-0.2, 0) is 5.41 Å². The number of thiophene rings is 1. The van der Waals surface area contributed by atoms with Crippen LogP contribution in [0.15, 0.2) is 91.1 Å². The number of aromatic nitrogens is 1. The molecule has 0 aliphatic rings. The summed E-state index contributed by atoms with van der Waals surface area (Å²) in [6.45, 7) is 6.90. The monoisotopic (exact) mass is 561 g/mol. The Morgan fingerprint density at radius 2 is 1.46 bits per heavy atom. The normalized spacial score (nSPS) is 12.6. The van der Waals surface area contributed by atoms with Gasteiger partial charge in [-0.2, -0.15) is 0 Å². The van der Waals surface area contributed by atoms with E-state index in [2.05, 4.69) is 123 Å². The summed E-state index contributed by atoms with van der Waals surface area (Å²) in [4.78, 5) is 4.98. The van der Waals surface area contributed by atoms with Gasteiger partial charge in [0, 0.05) is 0 Å². The number of fused-ring (bicyclic) bond motifs is 4. The van der Waals surface area contributed by atoms with Crippen molar-refractivity contribution >= 4 is 59.9 Å². The molecule has 6 aromatic rings. The van der Waals surface area contributed by atoms with Gasteiger partial charge in [-0.05, 0) is 10.8 Å². The molecule has 6 rings (SSSR count). The van der Waals surface area contributed by atoms with Crippen molar-refractivity contribution in [3.8, 4) is 22.4 Å². The van der Waals surface area contributed by atoms with Gasteiger partial charge in [0.05, 0.1) is 0 Å². The topological polar surface area (TPSA) is 12.9 Å². The molecule has 0 unspecified atom stereocenters. The molecule has 0 N–H and O–H groups in total. The molecule has 2 heterocycles. The molecule has 0 amide bonds. The molecule has 4 aromatic carbocycles. The molecule has 184 valence electrons. The Kier molecular flexibility index (Phi) is 5.81. The minimum absolute atomic E-state index is 0.0382. The van der Waals surface area contributed by atoms with Crippen LogP contribution in [0, 0.1) is 0 Å². The van der Waals surface area contributed by atoms with Crippen LogP contribution < -0.4 is 4.40 Å². The SMILES string of the molecule is CC(C)(C)c1cc(-c2nccc3sc4c(-c5cc[c]([Ge]([CH3])([CH3])[CH3])cc5)cccc4c23)cc2ccccc12. The standard InChI is InChI=1S/C34H33GeNS/c1-34(2,3)29-21-24(20-23-10-7-8-11-26(23)29)32-31-28-13-9-12-27(33(28)37-30(31)18-19-36-32)22-14-16-25(17-15-22)35(4,5)6/h7-21H,1-6H3. The molecule has 0 saturated heterocycles. The van der Waals surface area contributed by atoms with Gasteiger partial charge in [-0.3, -0.25) is 0 Å². The van der Waals surface area contributed by atoms with E-state index in [0.717, 1.165) is 5.69 Å². The summed E-state index contributed by atoms with van der Waals surface area (Å²) in [5.41, 5.74) is 6.28. The van der Waals surface area contributed by atoms with Crippen LogP contribution in [-0.4, -0.2) is 18.3 Å². The van der Waals surface area contributed by atoms with Crippen LogP contribution in [0.4, 0.5) is 0 Å². The average Bonchev–Trinajstić information content (AvgIpc) is 3.26. The van der Waals surface area contributed by atoms with Crippen LogP contribution in [0.5, 0.6) is 0 Å². The predicted molar refractivity (Wildman–Crippen MR) is 167 cm³/mol. The van der Waals surface area contributed by atoms with Crippen molar-refractivity contribution in [1.82, 2.24) is 4.98 Å². The number of nitrogens with zero attached hydrogens (tertiary/aromatic N) is 1. The summed E-state index contributed by atoms with van der Waals surface area (Å²) < 4.78 is 4.18.